The number of hydrogen-bond donors (Lipinski definition) is 2. The lowest BCUT2D eigenvalue weighted by atomic mass is 10.2. The third kappa shape index (κ3) is 4.53. The molecule has 0 aliphatic carbocycles. The first-order chi connectivity index (χ1) is 13.3. The van der Waals surface area contributed by atoms with Gasteiger partial charge in [0, 0.05) is 20.8 Å². The number of halogens is 3. The second-order valence-corrected chi connectivity index (χ2v) is 9.70. The molecular formula is C20H26Cl3N5S. The monoisotopic (exact) mass is 473 g/mol. The topological polar surface area (TPSA) is 52.1 Å². The molecule has 2 fully saturated rings. The Morgan fingerprint density at radius 2 is 1.34 bits per heavy atom. The summed E-state index contributed by atoms with van der Waals surface area (Å²) in [6.45, 7) is 9.02. The summed E-state index contributed by atoms with van der Waals surface area (Å²) in [7, 11) is 6.56. The van der Waals surface area contributed by atoms with Crippen LogP contribution in [0.5, 0.6) is 0 Å². The zero-order chi connectivity index (χ0) is 18.2. The molecule has 0 aromatic heterocycles. The number of hydrogen-bond acceptors (Lipinski definition) is 3. The van der Waals surface area contributed by atoms with Gasteiger partial charge >= 0.3 is 0 Å². The molecule has 2 saturated heterocycles. The fraction of sp³-hybridized carbons (Fsp3) is 0.400. The van der Waals surface area contributed by atoms with Crippen molar-refractivity contribution in [3.05, 3.63) is 46.3 Å². The van der Waals surface area contributed by atoms with Gasteiger partial charge in [-0.05, 0) is 47.1 Å². The van der Waals surface area contributed by atoms with E-state index < -0.39 is 9.70 Å². The van der Waals surface area contributed by atoms with Gasteiger partial charge in [0.1, 0.15) is 0 Å². The number of fused-ring (bicyclic) bond motifs is 2. The minimum atomic E-state index is -0.460. The predicted molar refractivity (Wildman–Crippen MR) is 112 cm³/mol. The molecule has 1 unspecified atom stereocenters. The van der Waals surface area contributed by atoms with E-state index in [-0.39, 0.29) is 24.8 Å². The molecule has 3 heterocycles. The third-order valence-electron chi connectivity index (χ3n) is 5.66. The summed E-state index contributed by atoms with van der Waals surface area (Å²) >= 11 is 0. The van der Waals surface area contributed by atoms with Crippen molar-refractivity contribution < 1.29 is 35.4 Å². The number of nitrogens with zero attached hydrogens (tertiary/aromatic N) is 3. The van der Waals surface area contributed by atoms with Crippen molar-refractivity contribution in [2.24, 2.45) is 4.99 Å². The van der Waals surface area contributed by atoms with Crippen molar-refractivity contribution in [1.82, 2.24) is 0 Å². The maximum absolute atomic E-state index is 7.02. The molecule has 29 heavy (non-hydrogen) atoms. The van der Waals surface area contributed by atoms with Crippen molar-refractivity contribution in [2.45, 2.75) is 4.90 Å². The fourth-order valence-electron chi connectivity index (χ4n) is 4.14. The summed E-state index contributed by atoms with van der Waals surface area (Å²) < 4.78 is 1.17. The smallest absolute Gasteiger partial charge is 0.0934 e. The van der Waals surface area contributed by atoms with E-state index in [1.54, 1.807) is 0 Å². The zero-order valence-electron chi connectivity index (χ0n) is 16.2. The molecule has 3 aliphatic rings. The van der Waals surface area contributed by atoms with Crippen LogP contribution < -0.4 is 50.6 Å². The van der Waals surface area contributed by atoms with Crippen LogP contribution in [0.25, 0.3) is 0 Å². The molecule has 5 nitrogen and oxygen atoms in total. The van der Waals surface area contributed by atoms with Crippen molar-refractivity contribution in [3.63, 3.8) is 0 Å². The van der Waals surface area contributed by atoms with E-state index in [9.17, 15) is 0 Å². The molecule has 0 radical (unpaired) electrons. The standard InChI is InChI=1S/C20H24ClN5S.2ClH/c21-27-19-13-15(25-9-5-22-6-10-25)1-3-17(19)24-18-4-2-16(14-20(18)27)26-11-7-23-8-12-26;;/h1-4,13-14,22-23H,5-12H2;2*1H. The average molecular weight is 475 g/mol. The highest BCUT2D eigenvalue weighted by Gasteiger charge is 2.18. The molecule has 1 atom stereocenters. The Morgan fingerprint density at radius 3 is 1.97 bits per heavy atom. The van der Waals surface area contributed by atoms with Gasteiger partial charge in [0.25, 0.3) is 0 Å². The van der Waals surface area contributed by atoms with E-state index in [0.29, 0.717) is 0 Å². The number of anilines is 2. The lowest BCUT2D eigenvalue weighted by molar-refractivity contribution is -0.655. The van der Waals surface area contributed by atoms with Gasteiger partial charge in [0.2, 0.25) is 0 Å². The third-order valence-corrected chi connectivity index (χ3v) is 8.08. The Morgan fingerprint density at radius 1 is 0.793 bits per heavy atom. The minimum absolute atomic E-state index is 0. The molecule has 4 N–H and O–H groups in total. The van der Waals surface area contributed by atoms with Crippen molar-refractivity contribution in [3.8, 4) is 0 Å². The summed E-state index contributed by atoms with van der Waals surface area (Å²) in [5.41, 5.74) is 3.58. The Hall–Kier alpha value is -1.02. The van der Waals surface area contributed by atoms with E-state index in [1.807, 2.05) is 0 Å². The van der Waals surface area contributed by atoms with Crippen LogP contribution in [0.1, 0.15) is 0 Å². The van der Waals surface area contributed by atoms with Gasteiger partial charge in [0.15, 0.2) is 0 Å². The number of benzene rings is 2. The van der Waals surface area contributed by atoms with Crippen LogP contribution in [0.15, 0.2) is 46.3 Å². The zero-order valence-corrected chi connectivity index (χ0v) is 19.2. The fourth-order valence-corrected chi connectivity index (χ4v) is 6.16. The number of quaternary nitrogens is 2. The number of nitrogens with two attached hydrogens (primary N) is 2. The Balaban J connectivity index is 0.00000120. The van der Waals surface area contributed by atoms with Gasteiger partial charge in [-0.1, -0.05) is 9.70 Å². The molecule has 5 rings (SSSR count). The summed E-state index contributed by atoms with van der Waals surface area (Å²) in [5, 5.41) is 5.78. The lowest BCUT2D eigenvalue weighted by Gasteiger charge is -2.28. The summed E-state index contributed by atoms with van der Waals surface area (Å²) in [4.78, 5) is 11.0. The molecule has 3 aliphatic heterocycles. The first-order valence-electron chi connectivity index (χ1n) is 9.83. The number of piperazine rings is 2. The van der Waals surface area contributed by atoms with E-state index in [4.69, 9.17) is 15.7 Å². The molecule has 0 saturated carbocycles. The van der Waals surface area contributed by atoms with Gasteiger partial charge in [0.05, 0.1) is 63.4 Å². The first kappa shape index (κ1) is 22.7. The normalized spacial score (nSPS) is 20.5. The van der Waals surface area contributed by atoms with Crippen molar-refractivity contribution in [2.75, 3.05) is 62.2 Å². The van der Waals surface area contributed by atoms with Crippen LogP contribution in [0.4, 0.5) is 17.1 Å². The quantitative estimate of drug-likeness (QED) is 0.427. The van der Waals surface area contributed by atoms with Crippen LogP contribution in [-0.2, 0) is 0 Å². The predicted octanol–water partition coefficient (Wildman–Crippen LogP) is -5.54. The maximum atomic E-state index is 7.02. The van der Waals surface area contributed by atoms with Crippen LogP contribution in [0.3, 0.4) is 0 Å². The van der Waals surface area contributed by atoms with Crippen LogP contribution >= 0.6 is 20.4 Å². The number of rotatable bonds is 2. The van der Waals surface area contributed by atoms with E-state index in [2.05, 4.69) is 56.8 Å². The minimum Gasteiger partial charge on any atom is -1.00 e. The van der Waals surface area contributed by atoms with Gasteiger partial charge in [-0.2, -0.15) is 0 Å². The van der Waals surface area contributed by atoms with Gasteiger partial charge in [-0.25, -0.2) is 4.99 Å². The Bertz CT molecular complexity index is 988. The first-order valence-corrected chi connectivity index (χ1v) is 11.9. The lowest BCUT2D eigenvalue weighted by Crippen LogP contribution is -3.00. The molecule has 2 aromatic rings. The highest BCUT2D eigenvalue weighted by atomic mass is 35.7. The van der Waals surface area contributed by atoms with E-state index in [1.165, 1.54) is 20.8 Å². The second-order valence-electron chi connectivity index (χ2n) is 7.38. The second kappa shape index (κ2) is 9.86. The molecule has 2 aromatic carbocycles. The van der Waals surface area contributed by atoms with Crippen LogP contribution in [0.2, 0.25) is 0 Å². The van der Waals surface area contributed by atoms with Gasteiger partial charge < -0.3 is 45.2 Å². The molecule has 158 valence electrons. The molecule has 0 spiro atoms. The molecular weight excluding hydrogens is 449 g/mol. The molecule has 0 amide bonds. The largest absolute Gasteiger partial charge is 1.00 e. The SMILES string of the molecule is ClS1=c2cc(N3CC[NH2+]CC3)ccc2=Nc2ccc(N3CC[NH2+]CC3)cc21.[Cl-].[Cl-]. The van der Waals surface area contributed by atoms with Crippen molar-refractivity contribution in [1.29, 1.82) is 0 Å². The Kier molecular flexibility index (Phi) is 7.70. The maximum Gasteiger partial charge on any atom is 0.0934 e. The van der Waals surface area contributed by atoms with E-state index >= 15 is 0 Å². The summed E-state index contributed by atoms with van der Waals surface area (Å²) in [6, 6.07) is 13.2. The highest BCUT2D eigenvalue weighted by molar-refractivity contribution is 8.29. The van der Waals surface area contributed by atoms with E-state index in [0.717, 1.165) is 63.4 Å². The summed E-state index contributed by atoms with van der Waals surface area (Å²) in [6.07, 6.45) is 0. The Labute approximate surface area is 190 Å². The molecule has 9 heteroatoms. The van der Waals surface area contributed by atoms with Gasteiger partial charge in [-0.15, -0.1) is 0 Å². The van der Waals surface area contributed by atoms with Gasteiger partial charge in [-0.3, -0.25) is 0 Å². The van der Waals surface area contributed by atoms with Crippen molar-refractivity contribution >= 4 is 37.4 Å². The van der Waals surface area contributed by atoms with Crippen LogP contribution in [0, 0.1) is 4.51 Å². The molecule has 0 bridgehead atoms. The summed E-state index contributed by atoms with van der Waals surface area (Å²) in [5.74, 6) is 0. The average Bonchev–Trinajstić information content (AvgIpc) is 2.75. The van der Waals surface area contributed by atoms with Crippen LogP contribution in [-0.4, -0.2) is 52.4 Å². The highest BCUT2D eigenvalue weighted by Crippen LogP contribution is 2.44.